The van der Waals surface area contributed by atoms with Crippen molar-refractivity contribution in [2.75, 3.05) is 24.5 Å². The summed E-state index contributed by atoms with van der Waals surface area (Å²) in [6, 6.07) is 28.2. The number of methoxy groups -OCH3 is 1. The van der Waals surface area contributed by atoms with Crippen molar-refractivity contribution in [1.82, 2.24) is 0 Å². The van der Waals surface area contributed by atoms with Crippen molar-refractivity contribution < 1.29 is 28.5 Å². The van der Waals surface area contributed by atoms with Gasteiger partial charge in [-0.05, 0) is 61.0 Å². The fourth-order valence-corrected chi connectivity index (χ4v) is 4.31. The summed E-state index contributed by atoms with van der Waals surface area (Å²) in [6.45, 7) is 2.06. The van der Waals surface area contributed by atoms with Crippen LogP contribution in [0.2, 0.25) is 0 Å². The molecule has 39 heavy (non-hydrogen) atoms. The van der Waals surface area contributed by atoms with E-state index in [9.17, 15) is 9.59 Å². The molecule has 0 radical (unpaired) electrons. The molecule has 0 fully saturated rings. The number of hydrogen-bond acceptors (Lipinski definition) is 7. The first kappa shape index (κ1) is 25.7. The second kappa shape index (κ2) is 11.6. The molecule has 1 heterocycles. The molecule has 0 aliphatic carbocycles. The third-order valence-electron chi connectivity index (χ3n) is 6.30. The van der Waals surface area contributed by atoms with Gasteiger partial charge in [0.15, 0.2) is 11.5 Å². The van der Waals surface area contributed by atoms with E-state index in [1.54, 1.807) is 61.7 Å². The van der Waals surface area contributed by atoms with Gasteiger partial charge in [-0.3, -0.25) is 4.79 Å². The summed E-state index contributed by atoms with van der Waals surface area (Å²) in [5.41, 5.74) is 3.01. The minimum Gasteiger partial charge on any atom is -0.495 e. The first-order valence-electron chi connectivity index (χ1n) is 12.5. The number of ether oxygens (including phenoxy) is 4. The number of carbonyl (C=O) groups is 2. The molecule has 2 atom stereocenters. The number of carbonyl (C=O) groups excluding carboxylic acids is 2. The predicted octanol–water partition coefficient (Wildman–Crippen LogP) is 6.07. The molecule has 0 aromatic heterocycles. The quantitative estimate of drug-likeness (QED) is 0.257. The zero-order chi connectivity index (χ0) is 27.2. The molecule has 1 amide bonds. The Bertz CT molecular complexity index is 1460. The fraction of sp³-hybridized carbons (Fsp3) is 0.161. The highest BCUT2D eigenvalue weighted by atomic mass is 16.7. The van der Waals surface area contributed by atoms with Crippen molar-refractivity contribution in [2.45, 2.75) is 19.1 Å². The van der Waals surface area contributed by atoms with Crippen LogP contribution in [-0.4, -0.2) is 31.8 Å². The molecule has 0 saturated carbocycles. The van der Waals surface area contributed by atoms with E-state index < -0.39 is 12.1 Å². The Balaban J connectivity index is 1.37. The van der Waals surface area contributed by atoms with E-state index >= 15 is 0 Å². The minimum atomic E-state index is -0.672. The third kappa shape index (κ3) is 5.96. The zero-order valence-electron chi connectivity index (χ0n) is 21.5. The van der Waals surface area contributed by atoms with Gasteiger partial charge in [0, 0.05) is 17.3 Å². The van der Waals surface area contributed by atoms with Crippen molar-refractivity contribution in [3.05, 3.63) is 114 Å². The molecule has 1 aliphatic heterocycles. The molecule has 4 aromatic carbocycles. The van der Waals surface area contributed by atoms with E-state index in [2.05, 4.69) is 10.6 Å². The largest absolute Gasteiger partial charge is 0.495 e. The van der Waals surface area contributed by atoms with Gasteiger partial charge in [0.05, 0.1) is 24.4 Å². The van der Waals surface area contributed by atoms with E-state index in [1.807, 2.05) is 49.4 Å². The van der Waals surface area contributed by atoms with E-state index in [-0.39, 0.29) is 18.7 Å². The van der Waals surface area contributed by atoms with Gasteiger partial charge >= 0.3 is 5.97 Å². The standard InChI is InChI=1S/C31H28N2O6/c1-20(32-25-15-14-24(18-27(25)36-2)33-30(34)21-9-5-3-6-10-21)29(39-31(35)22-11-7-4-8-12-22)23-13-16-26-28(17-23)38-19-37-26/h3-18,20,29,32H,19H2,1-2H3,(H,33,34)/t20-,29+/m1/s1. The van der Waals surface area contributed by atoms with E-state index in [0.717, 1.165) is 5.56 Å². The number of rotatable bonds is 9. The van der Waals surface area contributed by atoms with Crippen molar-refractivity contribution in [2.24, 2.45) is 0 Å². The van der Waals surface area contributed by atoms with Gasteiger partial charge in [0.1, 0.15) is 11.9 Å². The smallest absolute Gasteiger partial charge is 0.338 e. The molecule has 8 nitrogen and oxygen atoms in total. The van der Waals surface area contributed by atoms with Crippen LogP contribution in [0.4, 0.5) is 11.4 Å². The van der Waals surface area contributed by atoms with Crippen LogP contribution in [0.15, 0.2) is 97.1 Å². The highest BCUT2D eigenvalue weighted by Crippen LogP contribution is 2.37. The normalized spacial score (nSPS) is 13.2. The number of amides is 1. The zero-order valence-corrected chi connectivity index (χ0v) is 21.5. The number of benzene rings is 4. The summed E-state index contributed by atoms with van der Waals surface area (Å²) in [7, 11) is 1.55. The van der Waals surface area contributed by atoms with Gasteiger partial charge in [0.25, 0.3) is 5.91 Å². The molecule has 198 valence electrons. The van der Waals surface area contributed by atoms with Crippen LogP contribution in [0.5, 0.6) is 17.2 Å². The van der Waals surface area contributed by atoms with Gasteiger partial charge < -0.3 is 29.6 Å². The Morgan fingerprint density at radius 1 is 0.821 bits per heavy atom. The average molecular weight is 525 g/mol. The Hall–Kier alpha value is -4.98. The minimum absolute atomic E-state index is 0.144. The molecule has 0 bridgehead atoms. The maximum Gasteiger partial charge on any atom is 0.338 e. The molecule has 1 aliphatic rings. The summed E-state index contributed by atoms with van der Waals surface area (Å²) in [5.74, 6) is 1.09. The second-order valence-corrected chi connectivity index (χ2v) is 8.97. The average Bonchev–Trinajstić information content (AvgIpc) is 3.45. The molecule has 0 unspecified atom stereocenters. The SMILES string of the molecule is COc1cc(NC(=O)c2ccccc2)ccc1N[C@H](C)[C@H](OC(=O)c1ccccc1)c1ccc2c(c1)OCO2. The topological polar surface area (TPSA) is 95.1 Å². The lowest BCUT2D eigenvalue weighted by atomic mass is 10.0. The lowest BCUT2D eigenvalue weighted by molar-refractivity contribution is 0.0261. The molecular weight excluding hydrogens is 496 g/mol. The van der Waals surface area contributed by atoms with E-state index in [1.165, 1.54) is 0 Å². The van der Waals surface area contributed by atoms with Gasteiger partial charge in [0.2, 0.25) is 6.79 Å². The van der Waals surface area contributed by atoms with Crippen LogP contribution in [0.3, 0.4) is 0 Å². The summed E-state index contributed by atoms with van der Waals surface area (Å²) in [4.78, 5) is 25.6. The number of nitrogens with one attached hydrogen (secondary N) is 2. The molecule has 4 aromatic rings. The molecule has 0 spiro atoms. The van der Waals surface area contributed by atoms with Gasteiger partial charge in [-0.2, -0.15) is 0 Å². The Morgan fingerprint density at radius 3 is 2.23 bits per heavy atom. The Labute approximate surface area is 226 Å². The molecule has 0 saturated heterocycles. The number of hydrogen-bond donors (Lipinski definition) is 2. The first-order chi connectivity index (χ1) is 19.0. The number of anilines is 2. The van der Waals surface area contributed by atoms with Crippen molar-refractivity contribution in [1.29, 1.82) is 0 Å². The monoisotopic (exact) mass is 524 g/mol. The van der Waals surface area contributed by atoms with Crippen LogP contribution >= 0.6 is 0 Å². The first-order valence-corrected chi connectivity index (χ1v) is 12.5. The lowest BCUT2D eigenvalue weighted by Gasteiger charge is -2.27. The van der Waals surface area contributed by atoms with Gasteiger partial charge in [-0.15, -0.1) is 0 Å². The maximum absolute atomic E-state index is 13.0. The van der Waals surface area contributed by atoms with Crippen LogP contribution < -0.4 is 24.8 Å². The van der Waals surface area contributed by atoms with Crippen LogP contribution in [0, 0.1) is 0 Å². The predicted molar refractivity (Wildman–Crippen MR) is 148 cm³/mol. The fourth-order valence-electron chi connectivity index (χ4n) is 4.31. The molecule has 5 rings (SSSR count). The highest BCUT2D eigenvalue weighted by molar-refractivity contribution is 6.04. The van der Waals surface area contributed by atoms with Crippen LogP contribution in [0.25, 0.3) is 0 Å². The summed E-state index contributed by atoms with van der Waals surface area (Å²) < 4.78 is 22.6. The molecule has 8 heteroatoms. The second-order valence-electron chi connectivity index (χ2n) is 8.97. The highest BCUT2D eigenvalue weighted by Gasteiger charge is 2.27. The summed E-state index contributed by atoms with van der Waals surface area (Å²) in [6.07, 6.45) is -0.672. The third-order valence-corrected chi connectivity index (χ3v) is 6.30. The van der Waals surface area contributed by atoms with Crippen molar-refractivity contribution >= 4 is 23.3 Å². The van der Waals surface area contributed by atoms with Crippen LogP contribution in [-0.2, 0) is 4.74 Å². The molecule has 2 N–H and O–H groups in total. The van der Waals surface area contributed by atoms with E-state index in [0.29, 0.717) is 39.8 Å². The Morgan fingerprint density at radius 2 is 1.51 bits per heavy atom. The molecular formula is C31H28N2O6. The van der Waals surface area contributed by atoms with Crippen molar-refractivity contribution in [3.8, 4) is 17.2 Å². The number of fused-ring (bicyclic) bond motifs is 1. The van der Waals surface area contributed by atoms with Gasteiger partial charge in [-0.25, -0.2) is 4.79 Å². The van der Waals surface area contributed by atoms with Crippen LogP contribution in [0.1, 0.15) is 39.3 Å². The van der Waals surface area contributed by atoms with Crippen molar-refractivity contribution in [3.63, 3.8) is 0 Å². The Kier molecular flexibility index (Phi) is 7.63. The lowest BCUT2D eigenvalue weighted by Crippen LogP contribution is -2.28. The maximum atomic E-state index is 13.0. The summed E-state index contributed by atoms with van der Waals surface area (Å²) in [5, 5.41) is 6.30. The van der Waals surface area contributed by atoms with E-state index in [4.69, 9.17) is 18.9 Å². The van der Waals surface area contributed by atoms with Gasteiger partial charge in [-0.1, -0.05) is 42.5 Å². The number of esters is 1. The summed E-state index contributed by atoms with van der Waals surface area (Å²) >= 11 is 0.